The van der Waals surface area contributed by atoms with Crippen molar-refractivity contribution in [2.24, 2.45) is 5.92 Å². The molecule has 1 aliphatic rings. The van der Waals surface area contributed by atoms with Gasteiger partial charge in [0, 0.05) is 11.3 Å². The van der Waals surface area contributed by atoms with Gasteiger partial charge in [-0.1, -0.05) is 6.07 Å². The molecular formula is C14H18N2O3. The van der Waals surface area contributed by atoms with Gasteiger partial charge in [0.05, 0.1) is 0 Å². The summed E-state index contributed by atoms with van der Waals surface area (Å²) in [5, 5.41) is 11.9. The van der Waals surface area contributed by atoms with Crippen molar-refractivity contribution >= 4 is 17.6 Å². The third-order valence-corrected chi connectivity index (χ3v) is 3.75. The summed E-state index contributed by atoms with van der Waals surface area (Å²) >= 11 is 0. The molecule has 0 heterocycles. The largest absolute Gasteiger partial charge is 0.480 e. The molecule has 102 valence electrons. The highest BCUT2D eigenvalue weighted by atomic mass is 16.4. The van der Waals surface area contributed by atoms with E-state index in [1.165, 1.54) is 0 Å². The lowest BCUT2D eigenvalue weighted by atomic mass is 9.95. The summed E-state index contributed by atoms with van der Waals surface area (Å²) in [6.45, 7) is 3.41. The number of hydrogen-bond acceptors (Lipinski definition) is 3. The van der Waals surface area contributed by atoms with Crippen LogP contribution in [0.15, 0.2) is 18.2 Å². The molecule has 0 radical (unpaired) electrons. The summed E-state index contributed by atoms with van der Waals surface area (Å²) in [5.74, 6) is -1.39. The summed E-state index contributed by atoms with van der Waals surface area (Å²) in [5.41, 5.74) is 6.36. The second-order valence-corrected chi connectivity index (χ2v) is 5.31. The number of amides is 1. The van der Waals surface area contributed by atoms with Crippen molar-refractivity contribution < 1.29 is 14.7 Å². The standard InChI is InChI=1S/C14H18N2O3/c1-8-3-4-9(7-11(8)15)12(17)16-14(2,13(18)19)10-5-6-10/h3-4,7,10H,5-6,15H2,1-2H3,(H,16,17)(H,18,19). The van der Waals surface area contributed by atoms with Gasteiger partial charge in [-0.25, -0.2) is 4.79 Å². The Balaban J connectivity index is 2.20. The van der Waals surface area contributed by atoms with Gasteiger partial charge in [-0.15, -0.1) is 0 Å². The number of nitrogens with two attached hydrogens (primary N) is 1. The van der Waals surface area contributed by atoms with Crippen molar-refractivity contribution in [3.05, 3.63) is 29.3 Å². The van der Waals surface area contributed by atoms with E-state index in [-0.39, 0.29) is 5.92 Å². The van der Waals surface area contributed by atoms with Gasteiger partial charge in [0.15, 0.2) is 0 Å². The van der Waals surface area contributed by atoms with Crippen molar-refractivity contribution in [2.45, 2.75) is 32.2 Å². The van der Waals surface area contributed by atoms with Gasteiger partial charge in [-0.3, -0.25) is 4.79 Å². The number of rotatable bonds is 4. The second-order valence-electron chi connectivity index (χ2n) is 5.31. The molecular weight excluding hydrogens is 244 g/mol. The number of hydrogen-bond donors (Lipinski definition) is 3. The van der Waals surface area contributed by atoms with Crippen molar-refractivity contribution in [3.63, 3.8) is 0 Å². The molecule has 1 saturated carbocycles. The summed E-state index contributed by atoms with van der Waals surface area (Å²) in [4.78, 5) is 23.5. The van der Waals surface area contributed by atoms with E-state index in [2.05, 4.69) is 5.32 Å². The van der Waals surface area contributed by atoms with E-state index in [0.29, 0.717) is 11.3 Å². The molecule has 2 rings (SSSR count). The lowest BCUT2D eigenvalue weighted by Crippen LogP contribution is -2.54. The molecule has 5 nitrogen and oxygen atoms in total. The molecule has 1 aromatic carbocycles. The van der Waals surface area contributed by atoms with Crippen LogP contribution in [0.25, 0.3) is 0 Å². The smallest absolute Gasteiger partial charge is 0.329 e. The number of nitrogen functional groups attached to an aromatic ring is 1. The molecule has 19 heavy (non-hydrogen) atoms. The van der Waals surface area contributed by atoms with E-state index in [1.807, 2.05) is 6.92 Å². The zero-order valence-electron chi connectivity index (χ0n) is 11.1. The van der Waals surface area contributed by atoms with Crippen LogP contribution < -0.4 is 11.1 Å². The Morgan fingerprint density at radius 1 is 1.42 bits per heavy atom. The maximum Gasteiger partial charge on any atom is 0.329 e. The number of carboxylic acids is 1. The van der Waals surface area contributed by atoms with Crippen LogP contribution in [0.4, 0.5) is 5.69 Å². The minimum Gasteiger partial charge on any atom is -0.480 e. The highest BCUT2D eigenvalue weighted by molar-refractivity contribution is 5.98. The summed E-state index contributed by atoms with van der Waals surface area (Å²) in [6.07, 6.45) is 1.66. The fraction of sp³-hybridized carbons (Fsp3) is 0.429. The molecule has 0 spiro atoms. The van der Waals surface area contributed by atoms with Gasteiger partial charge in [0.25, 0.3) is 5.91 Å². The number of anilines is 1. The Morgan fingerprint density at radius 2 is 2.05 bits per heavy atom. The minimum atomic E-state index is -1.20. The van der Waals surface area contributed by atoms with Gasteiger partial charge in [-0.2, -0.15) is 0 Å². The number of benzene rings is 1. The number of carbonyl (C=O) groups excluding carboxylic acids is 1. The number of nitrogens with one attached hydrogen (secondary N) is 1. The van der Waals surface area contributed by atoms with Gasteiger partial charge < -0.3 is 16.2 Å². The van der Waals surface area contributed by atoms with E-state index < -0.39 is 17.4 Å². The Kier molecular flexibility index (Phi) is 3.22. The SMILES string of the molecule is Cc1ccc(C(=O)NC(C)(C(=O)O)C2CC2)cc1N. The molecule has 1 atom stereocenters. The molecule has 0 aliphatic heterocycles. The van der Waals surface area contributed by atoms with E-state index in [0.717, 1.165) is 18.4 Å². The molecule has 0 bridgehead atoms. The third kappa shape index (κ3) is 2.54. The zero-order chi connectivity index (χ0) is 14.2. The molecule has 5 heteroatoms. The first-order valence-corrected chi connectivity index (χ1v) is 6.26. The number of aryl methyl sites for hydroxylation is 1. The van der Waals surface area contributed by atoms with Crippen LogP contribution in [-0.4, -0.2) is 22.5 Å². The molecule has 1 aliphatic carbocycles. The van der Waals surface area contributed by atoms with Gasteiger partial charge in [-0.05, 0) is 50.3 Å². The molecule has 1 aromatic rings. The Bertz CT molecular complexity index is 537. The van der Waals surface area contributed by atoms with Crippen LogP contribution in [0.5, 0.6) is 0 Å². The van der Waals surface area contributed by atoms with Crippen LogP contribution in [0.2, 0.25) is 0 Å². The molecule has 0 saturated heterocycles. The first-order valence-electron chi connectivity index (χ1n) is 6.26. The molecule has 0 aromatic heterocycles. The quantitative estimate of drug-likeness (QED) is 0.718. The maximum atomic E-state index is 12.1. The van der Waals surface area contributed by atoms with Crippen molar-refractivity contribution in [1.82, 2.24) is 5.32 Å². The van der Waals surface area contributed by atoms with E-state index in [9.17, 15) is 14.7 Å². The highest BCUT2D eigenvalue weighted by Gasteiger charge is 2.48. The average molecular weight is 262 g/mol. The molecule has 1 unspecified atom stereocenters. The van der Waals surface area contributed by atoms with E-state index in [1.54, 1.807) is 25.1 Å². The molecule has 1 amide bonds. The number of carboxylic acid groups (broad SMARTS) is 1. The first-order chi connectivity index (χ1) is 8.84. The number of aliphatic carboxylic acids is 1. The lowest BCUT2D eigenvalue weighted by Gasteiger charge is -2.26. The molecule has 4 N–H and O–H groups in total. The lowest BCUT2D eigenvalue weighted by molar-refractivity contribution is -0.144. The Labute approximate surface area is 111 Å². The van der Waals surface area contributed by atoms with Crippen LogP contribution in [-0.2, 0) is 4.79 Å². The predicted molar refractivity (Wildman–Crippen MR) is 71.8 cm³/mol. The van der Waals surface area contributed by atoms with Gasteiger partial charge >= 0.3 is 5.97 Å². The van der Waals surface area contributed by atoms with Crippen LogP contribution in [0.1, 0.15) is 35.7 Å². The summed E-state index contributed by atoms with van der Waals surface area (Å²) < 4.78 is 0. The van der Waals surface area contributed by atoms with E-state index >= 15 is 0 Å². The van der Waals surface area contributed by atoms with Crippen LogP contribution in [0.3, 0.4) is 0 Å². The zero-order valence-corrected chi connectivity index (χ0v) is 11.1. The minimum absolute atomic E-state index is 0.0109. The van der Waals surface area contributed by atoms with Crippen molar-refractivity contribution in [1.29, 1.82) is 0 Å². The predicted octanol–water partition coefficient (Wildman–Crippen LogP) is 1.56. The first kappa shape index (κ1) is 13.4. The Hall–Kier alpha value is -2.04. The summed E-state index contributed by atoms with van der Waals surface area (Å²) in [6, 6.07) is 4.97. The maximum absolute atomic E-state index is 12.1. The monoisotopic (exact) mass is 262 g/mol. The third-order valence-electron chi connectivity index (χ3n) is 3.75. The second kappa shape index (κ2) is 4.57. The number of carbonyl (C=O) groups is 2. The normalized spacial score (nSPS) is 17.6. The van der Waals surface area contributed by atoms with Crippen molar-refractivity contribution in [3.8, 4) is 0 Å². The highest BCUT2D eigenvalue weighted by Crippen LogP contribution is 2.39. The van der Waals surface area contributed by atoms with Crippen LogP contribution >= 0.6 is 0 Å². The Morgan fingerprint density at radius 3 is 2.53 bits per heavy atom. The molecule has 1 fully saturated rings. The van der Waals surface area contributed by atoms with Crippen LogP contribution in [0, 0.1) is 12.8 Å². The fourth-order valence-corrected chi connectivity index (χ4v) is 2.08. The summed E-state index contributed by atoms with van der Waals surface area (Å²) in [7, 11) is 0. The van der Waals surface area contributed by atoms with Gasteiger partial charge in [0.1, 0.15) is 5.54 Å². The topological polar surface area (TPSA) is 92.4 Å². The average Bonchev–Trinajstić information content (AvgIpc) is 3.16. The van der Waals surface area contributed by atoms with Crippen molar-refractivity contribution in [2.75, 3.05) is 5.73 Å². The van der Waals surface area contributed by atoms with Gasteiger partial charge in [0.2, 0.25) is 0 Å². The fourth-order valence-electron chi connectivity index (χ4n) is 2.08. The van der Waals surface area contributed by atoms with E-state index in [4.69, 9.17) is 5.73 Å².